The maximum absolute atomic E-state index is 14.2. The van der Waals surface area contributed by atoms with Crippen molar-refractivity contribution in [1.29, 1.82) is 10.5 Å². The first-order valence-corrected chi connectivity index (χ1v) is 22.6. The highest BCUT2D eigenvalue weighted by molar-refractivity contribution is 6.08. The minimum absolute atomic E-state index is 0.00259. The number of anilines is 2. The molecule has 5 aliphatic heterocycles. The van der Waals surface area contributed by atoms with E-state index >= 15 is 0 Å². The highest BCUT2D eigenvalue weighted by Gasteiger charge is 2.47. The van der Waals surface area contributed by atoms with Crippen molar-refractivity contribution >= 4 is 35.3 Å². The normalized spacial score (nSPS) is 20.1. The zero-order valence-corrected chi connectivity index (χ0v) is 37.4. The molecule has 0 aliphatic carbocycles. The van der Waals surface area contributed by atoms with Crippen molar-refractivity contribution in [3.8, 4) is 12.1 Å². The van der Waals surface area contributed by atoms with Crippen LogP contribution in [0.1, 0.15) is 58.3 Å². The van der Waals surface area contributed by atoms with Crippen LogP contribution in [0.15, 0.2) is 120 Å². The minimum Gasteiger partial charge on any atom is -0.333 e. The summed E-state index contributed by atoms with van der Waals surface area (Å²) in [6.07, 6.45) is -8.17. The molecule has 0 bridgehead atoms. The molecule has 1 fully saturated rings. The average Bonchev–Trinajstić information content (AvgIpc) is 3.85. The molecule has 5 heterocycles. The van der Waals surface area contributed by atoms with Crippen molar-refractivity contribution < 1.29 is 45.5 Å². The lowest BCUT2D eigenvalue weighted by Crippen LogP contribution is -2.47. The van der Waals surface area contributed by atoms with Crippen LogP contribution in [-0.2, 0) is 21.9 Å². The van der Waals surface area contributed by atoms with Crippen LogP contribution in [0.5, 0.6) is 0 Å². The molecule has 5 aliphatic rings. The van der Waals surface area contributed by atoms with Gasteiger partial charge in [-0.15, -0.1) is 0 Å². The van der Waals surface area contributed by atoms with Gasteiger partial charge < -0.3 is 30.2 Å². The second-order valence-corrected chi connectivity index (χ2v) is 17.6. The monoisotopic (exact) mass is 962 g/mol. The fraction of sp³-hybridized carbons (Fsp3) is 0.320. The van der Waals surface area contributed by atoms with Gasteiger partial charge >= 0.3 is 24.4 Å². The summed E-state index contributed by atoms with van der Waals surface area (Å²) in [6, 6.07) is 22.5. The molecule has 4 aromatic rings. The van der Waals surface area contributed by atoms with Crippen LogP contribution >= 0.6 is 0 Å². The first-order chi connectivity index (χ1) is 33.5. The summed E-state index contributed by atoms with van der Waals surface area (Å²) in [6.45, 7) is 4.80. The van der Waals surface area contributed by atoms with Crippen LogP contribution in [-0.4, -0.2) is 109 Å². The molecule has 1 saturated heterocycles. The summed E-state index contributed by atoms with van der Waals surface area (Å²) in [7, 11) is 0. The van der Waals surface area contributed by atoms with Gasteiger partial charge in [0.2, 0.25) is 0 Å². The van der Waals surface area contributed by atoms with Gasteiger partial charge in [0.25, 0.3) is 11.8 Å². The summed E-state index contributed by atoms with van der Waals surface area (Å²) in [5.74, 6) is -0.704. The van der Waals surface area contributed by atoms with E-state index in [-0.39, 0.29) is 58.8 Å². The molecule has 2 atom stereocenters. The average molecular weight is 963 g/mol. The lowest BCUT2D eigenvalue weighted by Gasteiger charge is -2.35. The number of nitrogens with one attached hydrogen (secondary N) is 2. The first-order valence-electron chi connectivity index (χ1n) is 22.6. The third kappa shape index (κ3) is 9.39. The molecule has 360 valence electrons. The Morgan fingerprint density at radius 2 is 0.900 bits per heavy atom. The van der Waals surface area contributed by atoms with Gasteiger partial charge in [-0.1, -0.05) is 36.4 Å². The molecule has 20 heteroatoms. The SMILES string of the molecule is N#Cc1ccc([C@H]2NC(=O)N(c3cccc(C(F)(F)F)c3)C3=C2C(=O)N(CCCN2CCN(CCCN4CC5=C(C4=O)[C@@H](c4ccc(C#N)cc4)NC(=O)N5c4cccc(C(F)(F)F)c4)CC2)C3)cc1. The summed E-state index contributed by atoms with van der Waals surface area (Å²) in [5.41, 5.74) is 0.954. The molecule has 0 aromatic heterocycles. The maximum atomic E-state index is 14.2. The predicted octanol–water partition coefficient (Wildman–Crippen LogP) is 7.30. The van der Waals surface area contributed by atoms with Gasteiger partial charge in [0.1, 0.15) is 0 Å². The van der Waals surface area contributed by atoms with Crippen molar-refractivity contribution in [3.05, 3.63) is 153 Å². The molecule has 4 aromatic carbocycles. The molecule has 9 rings (SSSR count). The molecular formula is C50H44F6N10O4. The standard InChI is InChI=1S/C50H44F6N10O4/c51-49(52,53)35-5-1-7-37(25-35)65-39-29-63(45(67)41(39)43(59-47(65)69)33-13-9-31(27-57)10-14-33)19-3-17-61-21-23-62(24-22-61)18-4-20-64-30-40-42(46(64)68)44(34-15-11-32(28-58)12-16-34)60-48(70)66(40)38-8-2-6-36(26-38)50(54,55)56/h1-2,5-16,25-26,43-44H,3-4,17-24,29-30H2,(H,59,69)(H,60,70)/t43-,44-/m1/s1. The van der Waals surface area contributed by atoms with Crippen LogP contribution in [0, 0.1) is 22.7 Å². The molecule has 70 heavy (non-hydrogen) atoms. The number of piperazine rings is 1. The van der Waals surface area contributed by atoms with Crippen molar-refractivity contribution in [2.75, 3.05) is 75.2 Å². The summed E-state index contributed by atoms with van der Waals surface area (Å²) >= 11 is 0. The van der Waals surface area contributed by atoms with Crippen molar-refractivity contribution in [3.63, 3.8) is 0 Å². The third-order valence-electron chi connectivity index (χ3n) is 13.3. The Morgan fingerprint density at radius 1 is 0.529 bits per heavy atom. The van der Waals surface area contributed by atoms with Crippen LogP contribution in [0.2, 0.25) is 0 Å². The van der Waals surface area contributed by atoms with E-state index in [1.165, 1.54) is 24.3 Å². The van der Waals surface area contributed by atoms with Crippen molar-refractivity contribution in [2.24, 2.45) is 0 Å². The fourth-order valence-corrected chi connectivity index (χ4v) is 9.75. The number of hydrogen-bond donors (Lipinski definition) is 2. The first kappa shape index (κ1) is 47.4. The Balaban J connectivity index is 0.807. The summed E-state index contributed by atoms with van der Waals surface area (Å²) < 4.78 is 82.5. The Labute approximate surface area is 398 Å². The van der Waals surface area contributed by atoms with E-state index < -0.39 is 47.6 Å². The van der Waals surface area contributed by atoms with Crippen LogP contribution in [0.4, 0.5) is 47.3 Å². The smallest absolute Gasteiger partial charge is 0.333 e. The predicted molar refractivity (Wildman–Crippen MR) is 242 cm³/mol. The number of nitrogens with zero attached hydrogens (tertiary/aromatic N) is 8. The number of alkyl halides is 6. The zero-order valence-electron chi connectivity index (χ0n) is 37.4. The van der Waals surface area contributed by atoms with Crippen LogP contribution in [0.3, 0.4) is 0 Å². The van der Waals surface area contributed by atoms with E-state index in [0.29, 0.717) is 61.3 Å². The lowest BCUT2D eigenvalue weighted by molar-refractivity contribution is -0.138. The number of halogens is 6. The van der Waals surface area contributed by atoms with Gasteiger partial charge in [-0.25, -0.2) is 9.59 Å². The van der Waals surface area contributed by atoms with Crippen LogP contribution < -0.4 is 20.4 Å². The fourth-order valence-electron chi connectivity index (χ4n) is 9.75. The number of amides is 6. The second-order valence-electron chi connectivity index (χ2n) is 17.6. The molecule has 6 amide bonds. The van der Waals surface area contributed by atoms with Gasteiger partial charge in [-0.05, 0) is 97.7 Å². The van der Waals surface area contributed by atoms with Gasteiger partial charge in [0.15, 0.2) is 0 Å². The molecule has 14 nitrogen and oxygen atoms in total. The lowest BCUT2D eigenvalue weighted by atomic mass is 9.94. The minimum atomic E-state index is -4.66. The van der Waals surface area contributed by atoms with E-state index in [0.717, 1.165) is 60.2 Å². The van der Waals surface area contributed by atoms with Crippen molar-refractivity contribution in [1.82, 2.24) is 30.2 Å². The molecule has 0 radical (unpaired) electrons. The maximum Gasteiger partial charge on any atom is 0.416 e. The molecule has 0 saturated carbocycles. The van der Waals surface area contributed by atoms with E-state index in [9.17, 15) is 56.0 Å². The van der Waals surface area contributed by atoms with Gasteiger partial charge in [-0.3, -0.25) is 19.4 Å². The summed E-state index contributed by atoms with van der Waals surface area (Å²) in [4.78, 5) is 65.7. The highest BCUT2D eigenvalue weighted by atomic mass is 19.4. The molecule has 2 N–H and O–H groups in total. The van der Waals surface area contributed by atoms with Crippen LogP contribution in [0.25, 0.3) is 0 Å². The Kier molecular flexibility index (Phi) is 12.9. The molecular weight excluding hydrogens is 919 g/mol. The number of carbonyl (C=O) groups excluding carboxylic acids is 4. The van der Waals surface area contributed by atoms with E-state index in [1.54, 1.807) is 58.3 Å². The number of carbonyl (C=O) groups is 4. The van der Waals surface area contributed by atoms with Gasteiger partial charge in [-0.2, -0.15) is 36.9 Å². The molecule has 0 unspecified atom stereocenters. The van der Waals surface area contributed by atoms with Crippen molar-refractivity contribution in [2.45, 2.75) is 37.3 Å². The number of nitriles is 2. The Bertz CT molecular complexity index is 2680. The summed E-state index contributed by atoms with van der Waals surface area (Å²) in [5, 5.41) is 24.3. The molecule has 0 spiro atoms. The van der Waals surface area contributed by atoms with E-state index in [1.807, 2.05) is 12.1 Å². The largest absolute Gasteiger partial charge is 0.416 e. The van der Waals surface area contributed by atoms with Gasteiger partial charge in [0, 0.05) is 39.3 Å². The highest BCUT2D eigenvalue weighted by Crippen LogP contribution is 2.42. The second kappa shape index (κ2) is 19.0. The Morgan fingerprint density at radius 3 is 1.24 bits per heavy atom. The van der Waals surface area contributed by atoms with E-state index in [4.69, 9.17) is 0 Å². The van der Waals surface area contributed by atoms with E-state index in [2.05, 4.69) is 20.4 Å². The third-order valence-corrected chi connectivity index (χ3v) is 13.3. The number of hydrogen-bond acceptors (Lipinski definition) is 8. The number of benzene rings is 4. The Hall–Kier alpha value is -7.68. The van der Waals surface area contributed by atoms with Gasteiger partial charge in [0.05, 0.1) is 93.5 Å². The quantitative estimate of drug-likeness (QED) is 0.140. The zero-order chi connectivity index (χ0) is 49.5. The number of rotatable bonds is 12. The number of urea groups is 2. The topological polar surface area (TPSA) is 159 Å².